The van der Waals surface area contributed by atoms with Crippen molar-refractivity contribution in [3.63, 3.8) is 0 Å². The highest BCUT2D eigenvalue weighted by Crippen LogP contribution is 2.27. The molecule has 1 N–H and O–H groups in total. The van der Waals surface area contributed by atoms with Crippen molar-refractivity contribution >= 4 is 11.7 Å². The molecule has 2 amide bonds. The average molecular weight is 342 g/mol. The highest BCUT2D eigenvalue weighted by atomic mass is 19.1. The molecule has 0 bridgehead atoms. The van der Waals surface area contributed by atoms with Crippen LogP contribution in [-0.2, 0) is 0 Å². The number of ether oxygens (including phenoxy) is 1. The van der Waals surface area contributed by atoms with Gasteiger partial charge in [0.25, 0.3) is 0 Å². The van der Waals surface area contributed by atoms with Crippen LogP contribution in [0.1, 0.15) is 30.7 Å². The summed E-state index contributed by atoms with van der Waals surface area (Å²) in [6.07, 6.45) is 3.06. The Labute approximate surface area is 147 Å². The van der Waals surface area contributed by atoms with Crippen LogP contribution in [0.3, 0.4) is 0 Å². The molecule has 0 aliphatic carbocycles. The second kappa shape index (κ2) is 8.01. The smallest absolute Gasteiger partial charge is 0.321 e. The Kier molecular flexibility index (Phi) is 5.53. The Hall–Kier alpha value is -2.56. The molecule has 1 heterocycles. The fraction of sp³-hybridized carbons (Fsp3) is 0.350. The van der Waals surface area contributed by atoms with Crippen molar-refractivity contribution in [2.45, 2.75) is 25.2 Å². The molecular formula is C20H23FN2O2. The van der Waals surface area contributed by atoms with E-state index in [1.54, 1.807) is 7.11 Å². The standard InChI is InChI=1S/C20H23FN2O2/c1-25-19-11-9-18(10-12-19)22-20(24)23-13-3-2-4-16(14-23)15-5-7-17(21)8-6-15/h5-12,16H,2-4,13-14H2,1H3,(H,22,24). The van der Waals surface area contributed by atoms with E-state index in [4.69, 9.17) is 4.74 Å². The Morgan fingerprint density at radius 1 is 1.12 bits per heavy atom. The number of carbonyl (C=O) groups excluding carboxylic acids is 1. The number of benzene rings is 2. The molecule has 1 fully saturated rings. The van der Waals surface area contributed by atoms with E-state index in [1.807, 2.05) is 41.3 Å². The first-order valence-electron chi connectivity index (χ1n) is 8.61. The first kappa shape index (κ1) is 17.3. The van der Waals surface area contributed by atoms with E-state index in [9.17, 15) is 9.18 Å². The summed E-state index contributed by atoms with van der Waals surface area (Å²) in [7, 11) is 1.61. The van der Waals surface area contributed by atoms with Gasteiger partial charge in [-0.25, -0.2) is 9.18 Å². The minimum atomic E-state index is -0.230. The number of hydrogen-bond acceptors (Lipinski definition) is 2. The summed E-state index contributed by atoms with van der Waals surface area (Å²) in [6.45, 7) is 1.38. The van der Waals surface area contributed by atoms with Crippen molar-refractivity contribution in [3.8, 4) is 5.75 Å². The number of nitrogens with one attached hydrogen (secondary N) is 1. The van der Waals surface area contributed by atoms with Crippen LogP contribution in [0.4, 0.5) is 14.9 Å². The van der Waals surface area contributed by atoms with E-state index >= 15 is 0 Å². The largest absolute Gasteiger partial charge is 0.497 e. The van der Waals surface area contributed by atoms with Crippen molar-refractivity contribution in [3.05, 3.63) is 59.9 Å². The molecule has 1 saturated heterocycles. The van der Waals surface area contributed by atoms with Crippen LogP contribution in [0, 0.1) is 5.82 Å². The number of carbonyl (C=O) groups is 1. The maximum Gasteiger partial charge on any atom is 0.321 e. The lowest BCUT2D eigenvalue weighted by molar-refractivity contribution is 0.211. The lowest BCUT2D eigenvalue weighted by Gasteiger charge is -2.25. The van der Waals surface area contributed by atoms with Crippen molar-refractivity contribution < 1.29 is 13.9 Å². The van der Waals surface area contributed by atoms with Crippen molar-refractivity contribution in [2.24, 2.45) is 0 Å². The Morgan fingerprint density at radius 3 is 2.52 bits per heavy atom. The monoisotopic (exact) mass is 342 g/mol. The third-order valence-electron chi connectivity index (χ3n) is 4.64. The fourth-order valence-corrected chi connectivity index (χ4v) is 3.21. The summed E-state index contributed by atoms with van der Waals surface area (Å²) in [5, 5.41) is 2.94. The predicted molar refractivity (Wildman–Crippen MR) is 96.6 cm³/mol. The van der Waals surface area contributed by atoms with Gasteiger partial charge in [0.15, 0.2) is 0 Å². The molecule has 25 heavy (non-hydrogen) atoms. The van der Waals surface area contributed by atoms with E-state index in [0.29, 0.717) is 6.54 Å². The van der Waals surface area contributed by atoms with Gasteiger partial charge in [-0.05, 0) is 54.8 Å². The molecular weight excluding hydrogens is 319 g/mol. The van der Waals surface area contributed by atoms with Gasteiger partial charge in [0.2, 0.25) is 0 Å². The van der Waals surface area contributed by atoms with E-state index < -0.39 is 0 Å². The highest BCUT2D eigenvalue weighted by Gasteiger charge is 2.23. The van der Waals surface area contributed by atoms with Gasteiger partial charge in [0.1, 0.15) is 11.6 Å². The number of likely N-dealkylation sites (tertiary alicyclic amines) is 1. The van der Waals surface area contributed by atoms with E-state index in [2.05, 4.69) is 5.32 Å². The molecule has 0 aromatic heterocycles. The molecule has 2 aromatic carbocycles. The van der Waals surface area contributed by atoms with E-state index in [0.717, 1.165) is 42.8 Å². The summed E-state index contributed by atoms with van der Waals surface area (Å²) in [5.41, 5.74) is 1.83. The van der Waals surface area contributed by atoms with Gasteiger partial charge >= 0.3 is 6.03 Å². The van der Waals surface area contributed by atoms with Gasteiger partial charge in [0, 0.05) is 24.7 Å². The van der Waals surface area contributed by atoms with Crippen LogP contribution in [0.2, 0.25) is 0 Å². The maximum atomic E-state index is 13.2. The normalized spacial score (nSPS) is 17.7. The number of methoxy groups -OCH3 is 1. The number of hydrogen-bond donors (Lipinski definition) is 1. The van der Waals surface area contributed by atoms with Gasteiger partial charge in [0.05, 0.1) is 7.11 Å². The number of halogens is 1. The van der Waals surface area contributed by atoms with Gasteiger partial charge in [-0.15, -0.1) is 0 Å². The summed E-state index contributed by atoms with van der Waals surface area (Å²) in [5.74, 6) is 0.764. The Balaban J connectivity index is 1.67. The van der Waals surface area contributed by atoms with Gasteiger partial charge in [-0.3, -0.25) is 0 Å². The quantitative estimate of drug-likeness (QED) is 0.883. The van der Waals surface area contributed by atoms with Crippen molar-refractivity contribution in [1.82, 2.24) is 4.90 Å². The zero-order valence-electron chi connectivity index (χ0n) is 14.4. The first-order chi connectivity index (χ1) is 12.2. The van der Waals surface area contributed by atoms with Crippen LogP contribution in [0.15, 0.2) is 48.5 Å². The van der Waals surface area contributed by atoms with Gasteiger partial charge in [-0.1, -0.05) is 18.6 Å². The van der Waals surface area contributed by atoms with Crippen molar-refractivity contribution in [2.75, 3.05) is 25.5 Å². The van der Waals surface area contributed by atoms with Crippen molar-refractivity contribution in [1.29, 1.82) is 0 Å². The minimum absolute atomic E-state index is 0.0980. The SMILES string of the molecule is COc1ccc(NC(=O)N2CCCCC(c3ccc(F)cc3)C2)cc1. The molecule has 1 aliphatic rings. The molecule has 2 aromatic rings. The Morgan fingerprint density at radius 2 is 1.84 bits per heavy atom. The van der Waals surface area contributed by atoms with Gasteiger partial charge < -0.3 is 15.0 Å². The second-order valence-corrected chi connectivity index (χ2v) is 6.35. The summed E-state index contributed by atoms with van der Waals surface area (Å²) in [4.78, 5) is 14.5. The molecule has 4 nitrogen and oxygen atoms in total. The molecule has 0 spiro atoms. The molecule has 0 saturated carbocycles. The lowest BCUT2D eigenvalue weighted by Crippen LogP contribution is -2.37. The van der Waals surface area contributed by atoms with Crippen LogP contribution < -0.4 is 10.1 Å². The van der Waals surface area contributed by atoms with Gasteiger partial charge in [-0.2, -0.15) is 0 Å². The zero-order valence-corrected chi connectivity index (χ0v) is 14.4. The number of urea groups is 1. The van der Waals surface area contributed by atoms with Crippen LogP contribution >= 0.6 is 0 Å². The highest BCUT2D eigenvalue weighted by molar-refractivity contribution is 5.89. The Bertz CT molecular complexity index is 701. The molecule has 132 valence electrons. The summed E-state index contributed by atoms with van der Waals surface area (Å²) in [6, 6.07) is 13.8. The average Bonchev–Trinajstić information content (AvgIpc) is 2.89. The molecule has 1 atom stereocenters. The molecule has 3 rings (SSSR count). The van der Waals surface area contributed by atoms with E-state index in [1.165, 1.54) is 12.1 Å². The fourth-order valence-electron chi connectivity index (χ4n) is 3.21. The van der Waals surface area contributed by atoms with Crippen LogP contribution in [0.25, 0.3) is 0 Å². The number of nitrogens with zero attached hydrogens (tertiary/aromatic N) is 1. The lowest BCUT2D eigenvalue weighted by atomic mass is 9.94. The molecule has 5 heteroatoms. The minimum Gasteiger partial charge on any atom is -0.497 e. The first-order valence-corrected chi connectivity index (χ1v) is 8.61. The summed E-state index contributed by atoms with van der Waals surface area (Å²) >= 11 is 0. The third kappa shape index (κ3) is 4.50. The molecule has 1 aliphatic heterocycles. The van der Waals surface area contributed by atoms with E-state index in [-0.39, 0.29) is 17.8 Å². The molecule has 1 unspecified atom stereocenters. The number of anilines is 1. The third-order valence-corrected chi connectivity index (χ3v) is 4.64. The van der Waals surface area contributed by atoms with Crippen LogP contribution in [0.5, 0.6) is 5.75 Å². The second-order valence-electron chi connectivity index (χ2n) is 6.35. The molecule has 0 radical (unpaired) electrons. The zero-order chi connectivity index (χ0) is 17.6. The maximum absolute atomic E-state index is 13.2. The predicted octanol–water partition coefficient (Wildman–Crippen LogP) is 4.64. The van der Waals surface area contributed by atoms with Crippen LogP contribution in [-0.4, -0.2) is 31.1 Å². The number of rotatable bonds is 3. The summed E-state index contributed by atoms with van der Waals surface area (Å²) < 4.78 is 18.3. The topological polar surface area (TPSA) is 41.6 Å². The number of amides is 2.